The van der Waals surface area contributed by atoms with Crippen molar-refractivity contribution >= 4 is 10.9 Å². The Bertz CT molecular complexity index is 424. The van der Waals surface area contributed by atoms with E-state index in [9.17, 15) is 0 Å². The lowest BCUT2D eigenvalue weighted by Gasteiger charge is -2.11. The third-order valence-corrected chi connectivity index (χ3v) is 2.46. The van der Waals surface area contributed by atoms with Gasteiger partial charge in [0.05, 0.1) is 0 Å². The van der Waals surface area contributed by atoms with E-state index in [1.807, 2.05) is 0 Å². The Morgan fingerprint density at radius 1 is 1.14 bits per heavy atom. The molecule has 1 aromatic carbocycles. The molecule has 2 rings (SSSR count). The summed E-state index contributed by atoms with van der Waals surface area (Å²) in [5.41, 5.74) is 2.69. The van der Waals surface area contributed by atoms with E-state index >= 15 is 0 Å². The van der Waals surface area contributed by atoms with Crippen molar-refractivity contribution in [1.29, 1.82) is 0 Å². The van der Waals surface area contributed by atoms with Gasteiger partial charge in [-0.25, -0.2) is 0 Å². The molecule has 1 heteroatoms. The van der Waals surface area contributed by atoms with Crippen molar-refractivity contribution in [2.45, 2.75) is 34.2 Å². The van der Waals surface area contributed by atoms with Crippen molar-refractivity contribution in [3.63, 3.8) is 0 Å². The van der Waals surface area contributed by atoms with Crippen LogP contribution >= 0.6 is 0 Å². The zero-order chi connectivity index (χ0) is 9.42. The highest BCUT2D eigenvalue weighted by molar-refractivity contribution is 5.81. The number of para-hydroxylation sites is 1. The lowest BCUT2D eigenvalue weighted by molar-refractivity contribution is 0.608. The lowest BCUT2D eigenvalue weighted by Crippen LogP contribution is -2.01. The van der Waals surface area contributed by atoms with E-state index in [2.05, 4.69) is 55.7 Å². The minimum absolute atomic E-state index is 0. The lowest BCUT2D eigenvalue weighted by atomic mass is 10.2. The molecule has 14 heavy (non-hydrogen) atoms. The predicted octanol–water partition coefficient (Wildman–Crippen LogP) is 4.17. The van der Waals surface area contributed by atoms with Gasteiger partial charge in [0.15, 0.2) is 0 Å². The Morgan fingerprint density at radius 2 is 1.79 bits per heavy atom. The van der Waals surface area contributed by atoms with Gasteiger partial charge in [-0.05, 0) is 38.3 Å². The van der Waals surface area contributed by atoms with E-state index in [0.29, 0.717) is 6.04 Å². The Hall–Kier alpha value is -1.24. The van der Waals surface area contributed by atoms with Crippen LogP contribution in [0.25, 0.3) is 10.9 Å². The second kappa shape index (κ2) is 3.87. The second-order valence-corrected chi connectivity index (χ2v) is 3.81. The predicted molar refractivity (Wildman–Crippen MR) is 63.8 cm³/mol. The molecule has 1 heterocycles. The van der Waals surface area contributed by atoms with E-state index < -0.39 is 0 Å². The van der Waals surface area contributed by atoms with Crippen LogP contribution in [0.2, 0.25) is 0 Å². The molecule has 1 nitrogen and oxygen atoms in total. The standard InChI is InChI=1S/C12H15N.CH4/c1-9(2)13-10(3)8-11-6-4-5-7-12(11)13;/h4-9H,1-3H3;1H4. The molecule has 0 aliphatic rings. The van der Waals surface area contributed by atoms with E-state index in [0.717, 1.165) is 0 Å². The maximum Gasteiger partial charge on any atom is 0.0484 e. The first-order valence-electron chi connectivity index (χ1n) is 4.76. The number of aromatic nitrogens is 1. The summed E-state index contributed by atoms with van der Waals surface area (Å²) in [5.74, 6) is 0. The van der Waals surface area contributed by atoms with Crippen LogP contribution in [-0.4, -0.2) is 4.57 Å². The van der Waals surface area contributed by atoms with Crippen LogP contribution in [0.4, 0.5) is 0 Å². The average molecular weight is 189 g/mol. The van der Waals surface area contributed by atoms with Crippen molar-refractivity contribution in [1.82, 2.24) is 4.57 Å². The number of nitrogens with zero attached hydrogens (tertiary/aromatic N) is 1. The highest BCUT2D eigenvalue weighted by atomic mass is 15.0. The van der Waals surface area contributed by atoms with Gasteiger partial charge in [0, 0.05) is 17.3 Å². The third-order valence-electron chi connectivity index (χ3n) is 2.46. The van der Waals surface area contributed by atoms with E-state index in [1.54, 1.807) is 0 Å². The molecule has 0 aliphatic carbocycles. The van der Waals surface area contributed by atoms with Gasteiger partial charge >= 0.3 is 0 Å². The first-order chi connectivity index (χ1) is 6.20. The molecule has 0 amide bonds. The summed E-state index contributed by atoms with van der Waals surface area (Å²) in [6.45, 7) is 6.61. The first-order valence-corrected chi connectivity index (χ1v) is 4.76. The van der Waals surface area contributed by atoms with Crippen molar-refractivity contribution in [2.75, 3.05) is 0 Å². The monoisotopic (exact) mass is 189 g/mol. The van der Waals surface area contributed by atoms with Crippen LogP contribution in [0.15, 0.2) is 30.3 Å². The van der Waals surface area contributed by atoms with E-state index in [1.165, 1.54) is 16.6 Å². The van der Waals surface area contributed by atoms with E-state index in [4.69, 9.17) is 0 Å². The molecule has 76 valence electrons. The van der Waals surface area contributed by atoms with Crippen LogP contribution in [0.3, 0.4) is 0 Å². The smallest absolute Gasteiger partial charge is 0.0484 e. The zero-order valence-corrected chi connectivity index (χ0v) is 8.41. The summed E-state index contributed by atoms with van der Waals surface area (Å²) in [4.78, 5) is 0. The second-order valence-electron chi connectivity index (χ2n) is 3.81. The Balaban J connectivity index is 0.000000980. The molecule has 0 spiro atoms. The quantitative estimate of drug-likeness (QED) is 0.634. The molecule has 0 atom stereocenters. The molecule has 0 N–H and O–H groups in total. The summed E-state index contributed by atoms with van der Waals surface area (Å²) in [6, 6.07) is 11.3. The van der Waals surface area contributed by atoms with Crippen LogP contribution in [0.1, 0.15) is 33.0 Å². The molecule has 1 aromatic heterocycles. The minimum Gasteiger partial charge on any atom is -0.342 e. The molecular weight excluding hydrogens is 170 g/mol. The van der Waals surface area contributed by atoms with Crippen molar-refractivity contribution in [2.24, 2.45) is 0 Å². The third kappa shape index (κ3) is 1.54. The molecule has 0 bridgehead atoms. The number of hydrogen-bond donors (Lipinski definition) is 0. The SMILES string of the molecule is C.Cc1cc2ccccc2n1C(C)C. The van der Waals surface area contributed by atoms with Crippen molar-refractivity contribution in [3.05, 3.63) is 36.0 Å². The van der Waals surface area contributed by atoms with Gasteiger partial charge in [-0.2, -0.15) is 0 Å². The molecule has 0 fully saturated rings. The number of aryl methyl sites for hydroxylation is 1. The van der Waals surface area contributed by atoms with Crippen molar-refractivity contribution in [3.8, 4) is 0 Å². The van der Waals surface area contributed by atoms with Gasteiger partial charge in [0.2, 0.25) is 0 Å². The first kappa shape index (κ1) is 10.8. The fourth-order valence-electron chi connectivity index (χ4n) is 2.00. The van der Waals surface area contributed by atoms with Gasteiger partial charge in [-0.15, -0.1) is 0 Å². The number of rotatable bonds is 1. The molecule has 2 aromatic rings. The normalized spacial score (nSPS) is 10.6. The minimum atomic E-state index is 0. The fourth-order valence-corrected chi connectivity index (χ4v) is 2.00. The maximum atomic E-state index is 2.37. The summed E-state index contributed by atoms with van der Waals surface area (Å²) in [5, 5.41) is 1.34. The zero-order valence-electron chi connectivity index (χ0n) is 8.41. The van der Waals surface area contributed by atoms with Gasteiger partial charge in [-0.1, -0.05) is 25.6 Å². The highest BCUT2D eigenvalue weighted by Gasteiger charge is 2.06. The summed E-state index contributed by atoms with van der Waals surface area (Å²) in [6.07, 6.45) is 0. The molecule has 0 saturated carbocycles. The Morgan fingerprint density at radius 3 is 2.43 bits per heavy atom. The Labute approximate surface area is 86.4 Å². The molecule has 0 saturated heterocycles. The molecule has 0 radical (unpaired) electrons. The summed E-state index contributed by atoms with van der Waals surface area (Å²) >= 11 is 0. The van der Waals surface area contributed by atoms with Crippen molar-refractivity contribution < 1.29 is 0 Å². The van der Waals surface area contributed by atoms with Crippen LogP contribution in [0, 0.1) is 6.92 Å². The summed E-state index contributed by atoms with van der Waals surface area (Å²) < 4.78 is 2.37. The number of fused-ring (bicyclic) bond motifs is 1. The fraction of sp³-hybridized carbons (Fsp3) is 0.385. The van der Waals surface area contributed by atoms with Gasteiger partial charge in [-0.3, -0.25) is 0 Å². The topological polar surface area (TPSA) is 4.93 Å². The number of benzene rings is 1. The van der Waals surface area contributed by atoms with Crippen LogP contribution < -0.4 is 0 Å². The molecule has 0 unspecified atom stereocenters. The van der Waals surface area contributed by atoms with Gasteiger partial charge in [0.1, 0.15) is 0 Å². The molecular formula is C13H19N. The average Bonchev–Trinajstić information content (AvgIpc) is 2.39. The highest BCUT2D eigenvalue weighted by Crippen LogP contribution is 2.22. The van der Waals surface area contributed by atoms with Crippen LogP contribution in [0.5, 0.6) is 0 Å². The summed E-state index contributed by atoms with van der Waals surface area (Å²) in [7, 11) is 0. The van der Waals surface area contributed by atoms with Crippen LogP contribution in [-0.2, 0) is 0 Å². The molecule has 0 aliphatic heterocycles. The Kier molecular flexibility index (Phi) is 3.00. The number of hydrogen-bond acceptors (Lipinski definition) is 0. The maximum absolute atomic E-state index is 2.37. The largest absolute Gasteiger partial charge is 0.342 e. The van der Waals surface area contributed by atoms with Gasteiger partial charge < -0.3 is 4.57 Å². The van der Waals surface area contributed by atoms with E-state index in [-0.39, 0.29) is 7.43 Å². The van der Waals surface area contributed by atoms with Gasteiger partial charge in [0.25, 0.3) is 0 Å².